The third kappa shape index (κ3) is 3.54. The standard InChI is InChI=1S/C11H16N2O3S2/c1-7(8-2-3-8)13-10(14)6-9-4-5-11(17-9)18(12,15)16/h4-5,7-8H,2-3,6H2,1H3,(H,13,14)(H2,12,15,16). The maximum absolute atomic E-state index is 11.7. The molecule has 5 nitrogen and oxygen atoms in total. The number of amides is 1. The Morgan fingerprint density at radius 1 is 1.56 bits per heavy atom. The third-order valence-electron chi connectivity index (χ3n) is 2.97. The van der Waals surface area contributed by atoms with Gasteiger partial charge in [0, 0.05) is 10.9 Å². The molecule has 100 valence electrons. The van der Waals surface area contributed by atoms with E-state index in [-0.39, 0.29) is 22.6 Å². The monoisotopic (exact) mass is 288 g/mol. The predicted molar refractivity (Wildman–Crippen MR) is 69.7 cm³/mol. The topological polar surface area (TPSA) is 89.3 Å². The maximum Gasteiger partial charge on any atom is 0.247 e. The van der Waals surface area contributed by atoms with E-state index < -0.39 is 10.0 Å². The van der Waals surface area contributed by atoms with Crippen molar-refractivity contribution in [3.05, 3.63) is 17.0 Å². The molecule has 0 saturated heterocycles. The van der Waals surface area contributed by atoms with Crippen molar-refractivity contribution in [2.24, 2.45) is 11.1 Å². The van der Waals surface area contributed by atoms with Gasteiger partial charge in [-0.05, 0) is 37.8 Å². The molecule has 7 heteroatoms. The first-order valence-corrected chi connectivity index (χ1v) is 8.13. The summed E-state index contributed by atoms with van der Waals surface area (Å²) in [5.74, 6) is 0.537. The Hall–Kier alpha value is -0.920. The minimum Gasteiger partial charge on any atom is -0.353 e. The van der Waals surface area contributed by atoms with Crippen LogP contribution in [-0.4, -0.2) is 20.4 Å². The van der Waals surface area contributed by atoms with E-state index in [0.29, 0.717) is 10.8 Å². The van der Waals surface area contributed by atoms with Crippen molar-refractivity contribution in [1.29, 1.82) is 0 Å². The smallest absolute Gasteiger partial charge is 0.247 e. The average Bonchev–Trinajstić information content (AvgIpc) is 2.98. The van der Waals surface area contributed by atoms with Crippen LogP contribution in [0, 0.1) is 5.92 Å². The Bertz CT molecular complexity index is 546. The summed E-state index contributed by atoms with van der Waals surface area (Å²) in [6, 6.07) is 3.27. The molecule has 2 rings (SSSR count). The van der Waals surface area contributed by atoms with Crippen LogP contribution in [-0.2, 0) is 21.2 Å². The Kier molecular flexibility index (Phi) is 3.74. The highest BCUT2D eigenvalue weighted by Gasteiger charge is 2.28. The summed E-state index contributed by atoms with van der Waals surface area (Å²) in [5.41, 5.74) is 0. The van der Waals surface area contributed by atoms with E-state index in [1.165, 1.54) is 18.9 Å². The van der Waals surface area contributed by atoms with Crippen LogP contribution in [0.2, 0.25) is 0 Å². The molecule has 1 aromatic heterocycles. The van der Waals surface area contributed by atoms with Gasteiger partial charge in [0.25, 0.3) is 0 Å². The Morgan fingerprint density at radius 3 is 2.72 bits per heavy atom. The van der Waals surface area contributed by atoms with Crippen molar-refractivity contribution >= 4 is 27.3 Å². The quantitative estimate of drug-likeness (QED) is 0.842. The van der Waals surface area contributed by atoms with Crippen LogP contribution >= 0.6 is 11.3 Å². The molecule has 0 bridgehead atoms. The van der Waals surface area contributed by atoms with E-state index in [1.54, 1.807) is 6.07 Å². The van der Waals surface area contributed by atoms with Gasteiger partial charge in [-0.1, -0.05) is 0 Å². The molecule has 1 atom stereocenters. The molecule has 1 aliphatic carbocycles. The highest BCUT2D eigenvalue weighted by molar-refractivity contribution is 7.91. The Balaban J connectivity index is 1.92. The second-order valence-electron chi connectivity index (χ2n) is 4.64. The number of hydrogen-bond donors (Lipinski definition) is 2. The van der Waals surface area contributed by atoms with Gasteiger partial charge in [-0.3, -0.25) is 4.79 Å². The zero-order valence-corrected chi connectivity index (χ0v) is 11.7. The summed E-state index contributed by atoms with van der Waals surface area (Å²) in [7, 11) is -3.66. The molecular weight excluding hydrogens is 272 g/mol. The summed E-state index contributed by atoms with van der Waals surface area (Å²) >= 11 is 1.05. The van der Waals surface area contributed by atoms with Crippen LogP contribution in [0.15, 0.2) is 16.3 Å². The average molecular weight is 288 g/mol. The number of primary sulfonamides is 1. The molecule has 0 spiro atoms. The fourth-order valence-electron chi connectivity index (χ4n) is 1.78. The van der Waals surface area contributed by atoms with Crippen LogP contribution in [0.3, 0.4) is 0 Å². The first kappa shape index (κ1) is 13.5. The van der Waals surface area contributed by atoms with Gasteiger partial charge in [0.05, 0.1) is 6.42 Å². The number of nitrogens with one attached hydrogen (secondary N) is 1. The molecular formula is C11H16N2O3S2. The number of rotatable bonds is 5. The van der Waals surface area contributed by atoms with Gasteiger partial charge in [0.15, 0.2) is 0 Å². The lowest BCUT2D eigenvalue weighted by Crippen LogP contribution is -2.34. The minimum atomic E-state index is -3.66. The van der Waals surface area contributed by atoms with Gasteiger partial charge in [-0.2, -0.15) is 0 Å². The first-order valence-electron chi connectivity index (χ1n) is 5.77. The number of thiophene rings is 1. The lowest BCUT2D eigenvalue weighted by atomic mass is 10.2. The van der Waals surface area contributed by atoms with Gasteiger partial charge in [-0.25, -0.2) is 13.6 Å². The first-order chi connectivity index (χ1) is 8.36. The zero-order chi connectivity index (χ0) is 13.3. The Morgan fingerprint density at radius 2 is 2.22 bits per heavy atom. The number of sulfonamides is 1. The number of carbonyl (C=O) groups is 1. The molecule has 1 fully saturated rings. The number of carbonyl (C=O) groups excluding carboxylic acids is 1. The summed E-state index contributed by atoms with van der Waals surface area (Å²) in [6.07, 6.45) is 2.56. The Labute approximate surface area is 110 Å². The molecule has 1 heterocycles. The maximum atomic E-state index is 11.7. The zero-order valence-electron chi connectivity index (χ0n) is 10.0. The van der Waals surface area contributed by atoms with Gasteiger partial charge < -0.3 is 5.32 Å². The molecule has 1 saturated carbocycles. The second kappa shape index (κ2) is 4.99. The largest absolute Gasteiger partial charge is 0.353 e. The molecule has 18 heavy (non-hydrogen) atoms. The van der Waals surface area contributed by atoms with Crippen LogP contribution in [0.25, 0.3) is 0 Å². The van der Waals surface area contributed by atoms with E-state index in [2.05, 4.69) is 5.32 Å². The molecule has 0 aliphatic heterocycles. The number of hydrogen-bond acceptors (Lipinski definition) is 4. The molecule has 1 aromatic rings. The van der Waals surface area contributed by atoms with E-state index in [1.807, 2.05) is 6.92 Å². The fraction of sp³-hybridized carbons (Fsp3) is 0.545. The molecule has 1 aliphatic rings. The van der Waals surface area contributed by atoms with Crippen LogP contribution < -0.4 is 10.5 Å². The van der Waals surface area contributed by atoms with Gasteiger partial charge in [0.2, 0.25) is 15.9 Å². The van der Waals surface area contributed by atoms with Crippen LogP contribution in [0.1, 0.15) is 24.6 Å². The minimum absolute atomic E-state index is 0.0720. The van der Waals surface area contributed by atoms with Gasteiger partial charge >= 0.3 is 0 Å². The van der Waals surface area contributed by atoms with Crippen LogP contribution in [0.5, 0.6) is 0 Å². The van der Waals surface area contributed by atoms with E-state index in [4.69, 9.17) is 5.14 Å². The molecule has 0 aromatic carbocycles. The molecule has 1 unspecified atom stereocenters. The van der Waals surface area contributed by atoms with Crippen molar-refractivity contribution in [3.8, 4) is 0 Å². The van der Waals surface area contributed by atoms with E-state index in [0.717, 1.165) is 11.3 Å². The fourth-order valence-corrected chi connectivity index (χ4v) is 3.56. The third-order valence-corrected chi connectivity index (χ3v) is 5.49. The van der Waals surface area contributed by atoms with Gasteiger partial charge in [0.1, 0.15) is 4.21 Å². The summed E-state index contributed by atoms with van der Waals surface area (Å²) in [5, 5.41) is 7.94. The van der Waals surface area contributed by atoms with Crippen molar-refractivity contribution < 1.29 is 13.2 Å². The molecule has 3 N–H and O–H groups in total. The number of nitrogens with two attached hydrogens (primary N) is 1. The molecule has 1 amide bonds. The second-order valence-corrected chi connectivity index (χ2v) is 7.59. The highest BCUT2D eigenvalue weighted by Crippen LogP contribution is 2.32. The van der Waals surface area contributed by atoms with E-state index in [9.17, 15) is 13.2 Å². The van der Waals surface area contributed by atoms with Crippen molar-refractivity contribution in [3.63, 3.8) is 0 Å². The van der Waals surface area contributed by atoms with E-state index >= 15 is 0 Å². The summed E-state index contributed by atoms with van der Waals surface area (Å²) in [4.78, 5) is 12.4. The normalized spacial score (nSPS) is 17.4. The summed E-state index contributed by atoms with van der Waals surface area (Å²) in [6.45, 7) is 2.00. The lowest BCUT2D eigenvalue weighted by molar-refractivity contribution is -0.121. The highest BCUT2D eigenvalue weighted by atomic mass is 32.2. The SMILES string of the molecule is CC(NC(=O)Cc1ccc(S(N)(=O)=O)s1)C1CC1. The summed E-state index contributed by atoms with van der Waals surface area (Å²) < 4.78 is 22.3. The van der Waals surface area contributed by atoms with Crippen molar-refractivity contribution in [2.45, 2.75) is 36.4 Å². The molecule has 0 radical (unpaired) electrons. The van der Waals surface area contributed by atoms with Crippen LogP contribution in [0.4, 0.5) is 0 Å². The lowest BCUT2D eigenvalue weighted by Gasteiger charge is -2.11. The van der Waals surface area contributed by atoms with Gasteiger partial charge in [-0.15, -0.1) is 11.3 Å². The van der Waals surface area contributed by atoms with Crippen molar-refractivity contribution in [1.82, 2.24) is 5.32 Å². The van der Waals surface area contributed by atoms with Crippen molar-refractivity contribution in [2.75, 3.05) is 0 Å². The predicted octanol–water partition coefficient (Wildman–Crippen LogP) is 0.853.